The van der Waals surface area contributed by atoms with Crippen molar-refractivity contribution in [2.24, 2.45) is 5.41 Å². The molecular weight excluding hydrogens is 216 g/mol. The van der Waals surface area contributed by atoms with Gasteiger partial charge < -0.3 is 5.32 Å². The fourth-order valence-electron chi connectivity index (χ4n) is 1.38. The van der Waals surface area contributed by atoms with Gasteiger partial charge in [0, 0.05) is 13.0 Å². The lowest BCUT2D eigenvalue weighted by Gasteiger charge is -2.17. The molecule has 0 radical (unpaired) electrons. The van der Waals surface area contributed by atoms with E-state index < -0.39 is 0 Å². The van der Waals surface area contributed by atoms with Gasteiger partial charge in [0.25, 0.3) is 5.91 Å². The van der Waals surface area contributed by atoms with Gasteiger partial charge in [-0.2, -0.15) is 0 Å². The molecule has 1 heterocycles. The van der Waals surface area contributed by atoms with E-state index in [4.69, 9.17) is 0 Å². The van der Waals surface area contributed by atoms with Crippen molar-refractivity contribution in [3.05, 3.63) is 11.6 Å². The maximum atomic E-state index is 11.7. The highest BCUT2D eigenvalue weighted by Crippen LogP contribution is 2.16. The number of aromatic nitrogens is 3. The molecule has 0 fully saturated rings. The molecule has 5 heteroatoms. The molecular formula is C12H22N4O. The number of aromatic amines is 1. The monoisotopic (exact) mass is 238 g/mol. The maximum absolute atomic E-state index is 11.7. The van der Waals surface area contributed by atoms with Crippen molar-refractivity contribution in [2.75, 3.05) is 6.54 Å². The molecule has 0 unspecified atom stereocenters. The Labute approximate surface area is 102 Å². The largest absolute Gasteiger partial charge is 0.349 e. The van der Waals surface area contributed by atoms with E-state index in [1.807, 2.05) is 0 Å². The fraction of sp³-hybridized carbons (Fsp3) is 0.750. The SMILES string of the molecule is CCCc1nc(C(=O)NCCC(C)(C)C)n[nH]1. The normalized spacial score (nSPS) is 11.5. The van der Waals surface area contributed by atoms with E-state index >= 15 is 0 Å². The fourth-order valence-corrected chi connectivity index (χ4v) is 1.38. The van der Waals surface area contributed by atoms with Gasteiger partial charge in [-0.15, -0.1) is 5.10 Å². The van der Waals surface area contributed by atoms with Gasteiger partial charge in [0.2, 0.25) is 5.82 Å². The molecule has 0 spiro atoms. The zero-order valence-corrected chi connectivity index (χ0v) is 11.1. The third kappa shape index (κ3) is 4.97. The van der Waals surface area contributed by atoms with Crippen molar-refractivity contribution in [1.29, 1.82) is 0 Å². The van der Waals surface area contributed by atoms with Crippen molar-refractivity contribution in [2.45, 2.75) is 47.0 Å². The number of carbonyl (C=O) groups excluding carboxylic acids is 1. The average molecular weight is 238 g/mol. The van der Waals surface area contributed by atoms with Crippen LogP contribution in [0.3, 0.4) is 0 Å². The molecule has 1 aromatic heterocycles. The standard InChI is InChI=1S/C12H22N4O/c1-5-6-9-14-10(16-15-9)11(17)13-8-7-12(2,3)4/h5-8H2,1-4H3,(H,13,17)(H,14,15,16). The molecule has 17 heavy (non-hydrogen) atoms. The lowest BCUT2D eigenvalue weighted by molar-refractivity contribution is 0.0939. The predicted octanol–water partition coefficient (Wildman–Crippen LogP) is 1.92. The number of nitrogens with one attached hydrogen (secondary N) is 2. The van der Waals surface area contributed by atoms with E-state index in [0.717, 1.165) is 25.1 Å². The second kappa shape index (κ2) is 5.80. The molecule has 0 bridgehead atoms. The Morgan fingerprint density at radius 3 is 2.71 bits per heavy atom. The zero-order chi connectivity index (χ0) is 12.9. The van der Waals surface area contributed by atoms with Gasteiger partial charge in [0.05, 0.1) is 0 Å². The summed E-state index contributed by atoms with van der Waals surface area (Å²) in [5.74, 6) is 0.809. The quantitative estimate of drug-likeness (QED) is 0.823. The van der Waals surface area contributed by atoms with Crippen LogP contribution in [-0.4, -0.2) is 27.6 Å². The molecule has 1 amide bonds. The molecule has 2 N–H and O–H groups in total. The summed E-state index contributed by atoms with van der Waals surface area (Å²) < 4.78 is 0. The molecule has 0 aromatic carbocycles. The molecule has 0 aliphatic heterocycles. The first-order valence-electron chi connectivity index (χ1n) is 6.12. The molecule has 0 saturated carbocycles. The van der Waals surface area contributed by atoms with E-state index in [-0.39, 0.29) is 17.1 Å². The second-order valence-electron chi connectivity index (χ2n) is 5.42. The first kappa shape index (κ1) is 13.7. The Kier molecular flexibility index (Phi) is 4.66. The molecule has 0 atom stereocenters. The van der Waals surface area contributed by atoms with Crippen LogP contribution < -0.4 is 5.32 Å². The van der Waals surface area contributed by atoms with Gasteiger partial charge in [-0.1, -0.05) is 27.7 Å². The van der Waals surface area contributed by atoms with Gasteiger partial charge in [0.1, 0.15) is 5.82 Å². The Bertz CT molecular complexity index is 365. The number of nitrogens with zero attached hydrogens (tertiary/aromatic N) is 2. The molecule has 1 rings (SSSR count). The summed E-state index contributed by atoms with van der Waals surface area (Å²) in [4.78, 5) is 15.8. The first-order chi connectivity index (χ1) is 7.92. The van der Waals surface area contributed by atoms with Crippen LogP contribution in [-0.2, 0) is 6.42 Å². The van der Waals surface area contributed by atoms with Crippen LogP contribution in [0.1, 0.15) is 57.0 Å². The number of rotatable bonds is 5. The van der Waals surface area contributed by atoms with E-state index in [9.17, 15) is 4.79 Å². The third-order valence-corrected chi connectivity index (χ3v) is 2.38. The van der Waals surface area contributed by atoms with Crippen LogP contribution in [0.15, 0.2) is 0 Å². The maximum Gasteiger partial charge on any atom is 0.290 e. The number of amides is 1. The van der Waals surface area contributed by atoms with Crippen LogP contribution in [0.2, 0.25) is 0 Å². The van der Waals surface area contributed by atoms with Crippen molar-refractivity contribution in [3.63, 3.8) is 0 Å². The van der Waals surface area contributed by atoms with E-state index in [1.54, 1.807) is 0 Å². The van der Waals surface area contributed by atoms with E-state index in [2.05, 4.69) is 48.2 Å². The average Bonchev–Trinajstić information content (AvgIpc) is 2.65. The number of hydrogen-bond acceptors (Lipinski definition) is 3. The summed E-state index contributed by atoms with van der Waals surface area (Å²) in [6.07, 6.45) is 2.74. The number of aryl methyl sites for hydroxylation is 1. The van der Waals surface area contributed by atoms with Crippen molar-refractivity contribution >= 4 is 5.91 Å². The highest BCUT2D eigenvalue weighted by Gasteiger charge is 2.14. The smallest absolute Gasteiger partial charge is 0.290 e. The zero-order valence-electron chi connectivity index (χ0n) is 11.1. The van der Waals surface area contributed by atoms with E-state index in [0.29, 0.717) is 6.54 Å². The number of carbonyl (C=O) groups is 1. The molecule has 96 valence electrons. The van der Waals surface area contributed by atoms with Gasteiger partial charge >= 0.3 is 0 Å². The Morgan fingerprint density at radius 1 is 1.41 bits per heavy atom. The molecule has 0 aliphatic rings. The van der Waals surface area contributed by atoms with Gasteiger partial charge in [0.15, 0.2) is 0 Å². The van der Waals surface area contributed by atoms with Crippen molar-refractivity contribution < 1.29 is 4.79 Å². The molecule has 0 aliphatic carbocycles. The lowest BCUT2D eigenvalue weighted by atomic mass is 9.92. The van der Waals surface area contributed by atoms with Crippen molar-refractivity contribution in [3.8, 4) is 0 Å². The molecule has 1 aromatic rings. The summed E-state index contributed by atoms with van der Waals surface area (Å²) in [7, 11) is 0. The van der Waals surface area contributed by atoms with Crippen LogP contribution >= 0.6 is 0 Å². The van der Waals surface area contributed by atoms with Gasteiger partial charge in [-0.3, -0.25) is 9.89 Å². The molecule has 0 saturated heterocycles. The van der Waals surface area contributed by atoms with Crippen LogP contribution in [0.25, 0.3) is 0 Å². The summed E-state index contributed by atoms with van der Waals surface area (Å²) >= 11 is 0. The summed E-state index contributed by atoms with van der Waals surface area (Å²) in [5, 5.41) is 9.50. The second-order valence-corrected chi connectivity index (χ2v) is 5.42. The first-order valence-corrected chi connectivity index (χ1v) is 6.12. The summed E-state index contributed by atoms with van der Waals surface area (Å²) in [6.45, 7) is 9.15. The van der Waals surface area contributed by atoms with Crippen LogP contribution in [0, 0.1) is 5.41 Å². The highest BCUT2D eigenvalue weighted by atomic mass is 16.2. The third-order valence-electron chi connectivity index (χ3n) is 2.38. The number of hydrogen-bond donors (Lipinski definition) is 2. The minimum absolute atomic E-state index is 0.201. The Balaban J connectivity index is 2.41. The van der Waals surface area contributed by atoms with Gasteiger partial charge in [-0.05, 0) is 18.3 Å². The number of H-pyrrole nitrogens is 1. The molecule has 5 nitrogen and oxygen atoms in total. The Morgan fingerprint density at radius 2 is 2.12 bits per heavy atom. The summed E-state index contributed by atoms with van der Waals surface area (Å²) in [5.41, 5.74) is 0.222. The predicted molar refractivity (Wildman–Crippen MR) is 66.8 cm³/mol. The lowest BCUT2D eigenvalue weighted by Crippen LogP contribution is -2.28. The van der Waals surface area contributed by atoms with Crippen LogP contribution in [0.5, 0.6) is 0 Å². The van der Waals surface area contributed by atoms with Gasteiger partial charge in [-0.25, -0.2) is 4.98 Å². The van der Waals surface area contributed by atoms with Crippen molar-refractivity contribution in [1.82, 2.24) is 20.5 Å². The topological polar surface area (TPSA) is 70.7 Å². The minimum atomic E-state index is -0.201. The Hall–Kier alpha value is -1.39. The minimum Gasteiger partial charge on any atom is -0.349 e. The summed E-state index contributed by atoms with van der Waals surface area (Å²) in [6, 6.07) is 0. The van der Waals surface area contributed by atoms with Crippen LogP contribution in [0.4, 0.5) is 0 Å². The van der Waals surface area contributed by atoms with E-state index in [1.165, 1.54) is 0 Å². The highest BCUT2D eigenvalue weighted by molar-refractivity contribution is 5.90.